The lowest BCUT2D eigenvalue weighted by atomic mass is 10.1. The summed E-state index contributed by atoms with van der Waals surface area (Å²) >= 11 is 3.12. The Morgan fingerprint density at radius 2 is 2.28 bits per heavy atom. The summed E-state index contributed by atoms with van der Waals surface area (Å²) in [5, 5.41) is 0.245. The van der Waals surface area contributed by atoms with Gasteiger partial charge in [0.25, 0.3) is 6.43 Å². The summed E-state index contributed by atoms with van der Waals surface area (Å²) in [6.07, 6.45) is -2.84. The van der Waals surface area contributed by atoms with Crippen LogP contribution in [-0.2, 0) is 21.3 Å². The molecule has 0 unspecified atom stereocenters. The maximum Gasteiger partial charge on any atom is 0.310 e. The molecule has 0 amide bonds. The number of ether oxygens (including phenoxy) is 1. The molecule has 1 aromatic heterocycles. The second-order valence-corrected chi connectivity index (χ2v) is 4.04. The number of nitrogens with zero attached hydrogens (tertiary/aromatic N) is 1. The number of carbonyl (C=O) groups excluding carboxylic acids is 1. The predicted molar refractivity (Wildman–Crippen MR) is 66.6 cm³/mol. The molecule has 0 spiro atoms. The van der Waals surface area contributed by atoms with Crippen molar-refractivity contribution in [1.29, 1.82) is 0 Å². The van der Waals surface area contributed by atoms with Gasteiger partial charge in [-0.1, -0.05) is 15.9 Å². The van der Waals surface area contributed by atoms with Gasteiger partial charge < -0.3 is 10.5 Å². The number of aromatic nitrogens is 1. The van der Waals surface area contributed by atoms with Crippen molar-refractivity contribution in [2.24, 2.45) is 0 Å². The van der Waals surface area contributed by atoms with Gasteiger partial charge in [0.1, 0.15) is 5.69 Å². The first-order valence-electron chi connectivity index (χ1n) is 5.27. The summed E-state index contributed by atoms with van der Waals surface area (Å²) in [4.78, 5) is 15.1. The van der Waals surface area contributed by atoms with Crippen LogP contribution in [0.1, 0.15) is 30.3 Å². The molecule has 0 atom stereocenters. The number of hydrogen-bond acceptors (Lipinski definition) is 4. The van der Waals surface area contributed by atoms with E-state index in [1.165, 1.54) is 0 Å². The number of carbonyl (C=O) groups is 1. The Morgan fingerprint density at radius 3 is 2.78 bits per heavy atom. The summed E-state index contributed by atoms with van der Waals surface area (Å²) in [5.41, 5.74) is 6.22. The third-order valence-electron chi connectivity index (χ3n) is 2.23. The summed E-state index contributed by atoms with van der Waals surface area (Å²) in [7, 11) is 0. The highest BCUT2D eigenvalue weighted by Gasteiger charge is 2.17. The van der Waals surface area contributed by atoms with Crippen LogP contribution in [0.5, 0.6) is 0 Å². The van der Waals surface area contributed by atoms with E-state index < -0.39 is 18.1 Å². The fourth-order valence-corrected chi connectivity index (χ4v) is 1.84. The second-order valence-electron chi connectivity index (χ2n) is 3.48. The highest BCUT2D eigenvalue weighted by Crippen LogP contribution is 2.25. The Hall–Kier alpha value is -1.24. The van der Waals surface area contributed by atoms with Crippen LogP contribution in [0.15, 0.2) is 6.07 Å². The van der Waals surface area contributed by atoms with Crippen LogP contribution in [0.3, 0.4) is 0 Å². The number of anilines is 1. The Bertz CT molecular complexity index is 441. The Balaban J connectivity index is 3.08. The molecule has 0 aromatic carbocycles. The van der Waals surface area contributed by atoms with Crippen LogP contribution in [0, 0.1) is 0 Å². The molecular formula is C11H13BrF2N2O2. The van der Waals surface area contributed by atoms with Crippen molar-refractivity contribution in [2.75, 3.05) is 12.3 Å². The number of nitrogen functional groups attached to an aromatic ring is 1. The van der Waals surface area contributed by atoms with Crippen LogP contribution in [0.2, 0.25) is 0 Å². The van der Waals surface area contributed by atoms with Gasteiger partial charge in [0.15, 0.2) is 0 Å². The van der Waals surface area contributed by atoms with Crippen LogP contribution in [0.4, 0.5) is 14.5 Å². The largest absolute Gasteiger partial charge is 0.466 e. The minimum absolute atomic E-state index is 0.137. The SMILES string of the molecule is CCOC(=O)Cc1cc(C(F)F)nc(CBr)c1N. The predicted octanol–water partition coefficient (Wildman–Crippen LogP) is 2.60. The third kappa shape index (κ3) is 3.63. The van der Waals surface area contributed by atoms with Gasteiger partial charge in [-0.15, -0.1) is 0 Å². The van der Waals surface area contributed by atoms with E-state index in [0.717, 1.165) is 6.07 Å². The third-order valence-corrected chi connectivity index (χ3v) is 2.76. The van der Waals surface area contributed by atoms with Crippen LogP contribution < -0.4 is 5.73 Å². The zero-order valence-corrected chi connectivity index (χ0v) is 11.3. The average molecular weight is 323 g/mol. The molecule has 0 saturated heterocycles. The molecular weight excluding hydrogens is 310 g/mol. The average Bonchev–Trinajstić information content (AvgIpc) is 2.31. The van der Waals surface area contributed by atoms with Gasteiger partial charge in [-0.25, -0.2) is 13.8 Å². The number of rotatable bonds is 5. The van der Waals surface area contributed by atoms with Crippen molar-refractivity contribution < 1.29 is 18.3 Å². The van der Waals surface area contributed by atoms with Crippen molar-refractivity contribution in [1.82, 2.24) is 4.98 Å². The first kappa shape index (κ1) is 14.8. The van der Waals surface area contributed by atoms with Crippen molar-refractivity contribution in [2.45, 2.75) is 25.1 Å². The van der Waals surface area contributed by atoms with Crippen molar-refractivity contribution >= 4 is 27.6 Å². The molecule has 100 valence electrons. The van der Waals surface area contributed by atoms with Crippen molar-refractivity contribution in [3.63, 3.8) is 0 Å². The molecule has 0 saturated carbocycles. The van der Waals surface area contributed by atoms with E-state index >= 15 is 0 Å². The number of alkyl halides is 3. The highest BCUT2D eigenvalue weighted by atomic mass is 79.9. The molecule has 1 rings (SSSR count). The molecule has 7 heteroatoms. The van der Waals surface area contributed by atoms with Gasteiger partial charge in [0, 0.05) is 5.33 Å². The second kappa shape index (κ2) is 6.63. The zero-order chi connectivity index (χ0) is 13.7. The van der Waals surface area contributed by atoms with Gasteiger partial charge in [-0.3, -0.25) is 4.79 Å². The minimum Gasteiger partial charge on any atom is -0.466 e. The molecule has 1 heterocycles. The van der Waals surface area contributed by atoms with Crippen LogP contribution >= 0.6 is 15.9 Å². The monoisotopic (exact) mass is 322 g/mol. The molecule has 0 aliphatic rings. The van der Waals surface area contributed by atoms with E-state index in [9.17, 15) is 13.6 Å². The molecule has 0 aliphatic carbocycles. The van der Waals surface area contributed by atoms with Crippen LogP contribution in [0.25, 0.3) is 0 Å². The number of nitrogens with two attached hydrogens (primary N) is 1. The standard InChI is InChI=1S/C11H13BrF2N2O2/c1-2-18-9(17)4-6-3-7(11(13)14)16-8(5-12)10(6)15/h3,11H,2,4-5,15H2,1H3. The smallest absolute Gasteiger partial charge is 0.310 e. The molecule has 0 fully saturated rings. The summed E-state index contributed by atoms with van der Waals surface area (Å²) in [6.45, 7) is 1.90. The zero-order valence-electron chi connectivity index (χ0n) is 9.75. The summed E-state index contributed by atoms with van der Waals surface area (Å²) in [5.74, 6) is -0.504. The Morgan fingerprint density at radius 1 is 1.61 bits per heavy atom. The molecule has 4 nitrogen and oxygen atoms in total. The lowest BCUT2D eigenvalue weighted by molar-refractivity contribution is -0.142. The Kier molecular flexibility index (Phi) is 5.46. The number of esters is 1. The summed E-state index contributed by atoms with van der Waals surface area (Å²) in [6, 6.07) is 1.14. The molecule has 0 radical (unpaired) electrons. The number of halogens is 3. The fraction of sp³-hybridized carbons (Fsp3) is 0.455. The van der Waals surface area contributed by atoms with E-state index in [-0.39, 0.29) is 24.0 Å². The van der Waals surface area contributed by atoms with Gasteiger partial charge in [-0.2, -0.15) is 0 Å². The topological polar surface area (TPSA) is 65.2 Å². The normalized spacial score (nSPS) is 10.7. The van der Waals surface area contributed by atoms with E-state index in [1.807, 2.05) is 0 Å². The highest BCUT2D eigenvalue weighted by molar-refractivity contribution is 9.08. The molecule has 0 bridgehead atoms. The first-order valence-corrected chi connectivity index (χ1v) is 6.39. The lowest BCUT2D eigenvalue weighted by Gasteiger charge is -2.11. The van der Waals surface area contributed by atoms with Gasteiger partial charge in [0.2, 0.25) is 0 Å². The maximum atomic E-state index is 12.6. The number of hydrogen-bond donors (Lipinski definition) is 1. The maximum absolute atomic E-state index is 12.6. The quantitative estimate of drug-likeness (QED) is 0.668. The van der Waals surface area contributed by atoms with Gasteiger partial charge in [-0.05, 0) is 18.6 Å². The van der Waals surface area contributed by atoms with Gasteiger partial charge in [0.05, 0.1) is 24.4 Å². The molecule has 18 heavy (non-hydrogen) atoms. The fourth-order valence-electron chi connectivity index (χ4n) is 1.42. The van der Waals surface area contributed by atoms with E-state index in [0.29, 0.717) is 11.3 Å². The summed E-state index contributed by atoms with van der Waals surface area (Å²) < 4.78 is 30.1. The lowest BCUT2D eigenvalue weighted by Crippen LogP contribution is -2.12. The Labute approximate surface area is 112 Å². The van der Waals surface area contributed by atoms with E-state index in [2.05, 4.69) is 20.9 Å². The van der Waals surface area contributed by atoms with E-state index in [1.54, 1.807) is 6.92 Å². The molecule has 2 N–H and O–H groups in total. The van der Waals surface area contributed by atoms with Gasteiger partial charge >= 0.3 is 5.97 Å². The van der Waals surface area contributed by atoms with Crippen LogP contribution in [-0.4, -0.2) is 17.6 Å². The molecule has 1 aromatic rings. The van der Waals surface area contributed by atoms with E-state index in [4.69, 9.17) is 10.5 Å². The first-order chi connectivity index (χ1) is 8.49. The van der Waals surface area contributed by atoms with Crippen molar-refractivity contribution in [3.8, 4) is 0 Å². The number of pyridine rings is 1. The minimum atomic E-state index is -2.70. The van der Waals surface area contributed by atoms with Crippen molar-refractivity contribution in [3.05, 3.63) is 23.0 Å². The molecule has 0 aliphatic heterocycles.